The van der Waals surface area contributed by atoms with Crippen LogP contribution in [0.4, 0.5) is 0 Å². The molecule has 1 atom stereocenters. The molecule has 0 fully saturated rings. The van der Waals surface area contributed by atoms with Gasteiger partial charge in [0, 0.05) is 0 Å². The van der Waals surface area contributed by atoms with E-state index >= 15 is 0 Å². The molecule has 0 bridgehead atoms. The van der Waals surface area contributed by atoms with E-state index in [0.717, 1.165) is 5.56 Å². The van der Waals surface area contributed by atoms with E-state index in [-0.39, 0.29) is 5.78 Å². The number of alkyl halides is 1. The van der Waals surface area contributed by atoms with Gasteiger partial charge < -0.3 is 9.47 Å². The fraction of sp³-hybridized carbons (Fsp3) is 0.462. The summed E-state index contributed by atoms with van der Waals surface area (Å²) >= 11 is 6.00. The summed E-state index contributed by atoms with van der Waals surface area (Å²) in [6, 6.07) is 5.32. The first kappa shape index (κ1) is 13.8. The first-order valence-corrected chi connectivity index (χ1v) is 6.07. The molecule has 3 nitrogen and oxygen atoms in total. The summed E-state index contributed by atoms with van der Waals surface area (Å²) in [5.74, 6) is 1.21. The second kappa shape index (κ2) is 6.50. The molecule has 0 saturated carbocycles. The van der Waals surface area contributed by atoms with E-state index in [0.29, 0.717) is 24.7 Å². The number of ether oxygens (including phenoxy) is 2. The molecule has 0 saturated heterocycles. The zero-order valence-electron chi connectivity index (χ0n) is 10.3. The standard InChI is InChI=1S/C13H17ClO3/c1-4-16-11-7-6-10(13(14)9(3)15)8-12(11)17-5-2/h6-8,13H,4-5H2,1-3H3. The maximum atomic E-state index is 11.2. The smallest absolute Gasteiger partial charge is 0.161 e. The zero-order valence-corrected chi connectivity index (χ0v) is 11.1. The Kier molecular flexibility index (Phi) is 5.29. The van der Waals surface area contributed by atoms with Crippen molar-refractivity contribution in [3.05, 3.63) is 23.8 Å². The molecule has 0 amide bonds. The quantitative estimate of drug-likeness (QED) is 0.732. The van der Waals surface area contributed by atoms with E-state index in [1.165, 1.54) is 6.92 Å². The van der Waals surface area contributed by atoms with Crippen molar-refractivity contribution in [1.29, 1.82) is 0 Å². The van der Waals surface area contributed by atoms with Crippen molar-refractivity contribution in [3.63, 3.8) is 0 Å². The normalized spacial score (nSPS) is 12.0. The monoisotopic (exact) mass is 256 g/mol. The van der Waals surface area contributed by atoms with Crippen molar-refractivity contribution >= 4 is 17.4 Å². The van der Waals surface area contributed by atoms with Gasteiger partial charge in [-0.05, 0) is 38.5 Å². The van der Waals surface area contributed by atoms with Crippen LogP contribution in [0.5, 0.6) is 11.5 Å². The molecule has 1 aromatic rings. The van der Waals surface area contributed by atoms with Gasteiger partial charge in [-0.15, -0.1) is 11.6 Å². The second-order valence-electron chi connectivity index (χ2n) is 3.55. The Morgan fingerprint density at radius 1 is 1.24 bits per heavy atom. The molecule has 17 heavy (non-hydrogen) atoms. The van der Waals surface area contributed by atoms with Gasteiger partial charge in [-0.3, -0.25) is 4.79 Å². The van der Waals surface area contributed by atoms with Gasteiger partial charge in [-0.2, -0.15) is 0 Å². The molecule has 0 aliphatic heterocycles. The molecule has 1 unspecified atom stereocenters. The van der Waals surface area contributed by atoms with E-state index in [2.05, 4.69) is 0 Å². The largest absolute Gasteiger partial charge is 0.490 e. The first-order chi connectivity index (χ1) is 8.10. The molecule has 0 aromatic heterocycles. The number of Topliss-reactive ketones (excluding diaryl/α,β-unsaturated/α-hetero) is 1. The summed E-state index contributed by atoms with van der Waals surface area (Å²) in [6.45, 7) is 6.37. The van der Waals surface area contributed by atoms with Crippen LogP contribution in [0.15, 0.2) is 18.2 Å². The molecule has 1 aromatic carbocycles. The SMILES string of the molecule is CCOc1ccc(C(Cl)C(C)=O)cc1OCC. The third-order valence-electron chi connectivity index (χ3n) is 2.22. The predicted molar refractivity (Wildman–Crippen MR) is 68.1 cm³/mol. The van der Waals surface area contributed by atoms with Crippen LogP contribution in [0.1, 0.15) is 31.7 Å². The summed E-state index contributed by atoms with van der Waals surface area (Å²) < 4.78 is 10.9. The van der Waals surface area contributed by atoms with E-state index in [1.54, 1.807) is 18.2 Å². The van der Waals surface area contributed by atoms with Gasteiger partial charge in [0.25, 0.3) is 0 Å². The van der Waals surface area contributed by atoms with Gasteiger partial charge >= 0.3 is 0 Å². The van der Waals surface area contributed by atoms with E-state index < -0.39 is 5.38 Å². The van der Waals surface area contributed by atoms with Crippen LogP contribution in [0.2, 0.25) is 0 Å². The van der Waals surface area contributed by atoms with Crippen LogP contribution in [0, 0.1) is 0 Å². The summed E-state index contributed by atoms with van der Waals surface area (Å²) in [7, 11) is 0. The van der Waals surface area contributed by atoms with E-state index in [1.807, 2.05) is 13.8 Å². The number of hydrogen-bond acceptors (Lipinski definition) is 3. The van der Waals surface area contributed by atoms with Crippen LogP contribution in [-0.2, 0) is 4.79 Å². The van der Waals surface area contributed by atoms with Crippen molar-refractivity contribution < 1.29 is 14.3 Å². The number of benzene rings is 1. The van der Waals surface area contributed by atoms with Crippen LogP contribution in [0.3, 0.4) is 0 Å². The lowest BCUT2D eigenvalue weighted by molar-refractivity contribution is -0.116. The first-order valence-electron chi connectivity index (χ1n) is 5.64. The Balaban J connectivity index is 3.04. The lowest BCUT2D eigenvalue weighted by Crippen LogP contribution is -2.04. The van der Waals surface area contributed by atoms with Gasteiger partial charge in [0.2, 0.25) is 0 Å². The number of halogens is 1. The van der Waals surface area contributed by atoms with Crippen LogP contribution in [0.25, 0.3) is 0 Å². The second-order valence-corrected chi connectivity index (χ2v) is 3.98. The van der Waals surface area contributed by atoms with Crippen LogP contribution in [-0.4, -0.2) is 19.0 Å². The molecule has 0 heterocycles. The van der Waals surface area contributed by atoms with Crippen molar-refractivity contribution in [2.75, 3.05) is 13.2 Å². The Morgan fingerprint density at radius 2 is 1.82 bits per heavy atom. The molecule has 0 aliphatic carbocycles. The molecule has 94 valence electrons. The summed E-state index contributed by atoms with van der Waals surface area (Å²) in [5, 5.41) is -0.634. The van der Waals surface area contributed by atoms with E-state index in [4.69, 9.17) is 21.1 Å². The molecule has 0 spiro atoms. The Bertz CT molecular complexity index is 390. The van der Waals surface area contributed by atoms with Crippen molar-refractivity contribution in [3.8, 4) is 11.5 Å². The van der Waals surface area contributed by atoms with Crippen LogP contribution < -0.4 is 9.47 Å². The maximum Gasteiger partial charge on any atom is 0.161 e. The highest BCUT2D eigenvalue weighted by Gasteiger charge is 2.15. The number of rotatable bonds is 6. The lowest BCUT2D eigenvalue weighted by Gasteiger charge is -2.13. The fourth-order valence-corrected chi connectivity index (χ4v) is 1.60. The molecule has 1 rings (SSSR count). The lowest BCUT2D eigenvalue weighted by atomic mass is 10.1. The third kappa shape index (κ3) is 3.63. The number of carbonyl (C=O) groups excluding carboxylic acids is 1. The van der Waals surface area contributed by atoms with Gasteiger partial charge in [-0.25, -0.2) is 0 Å². The Labute approximate surface area is 107 Å². The minimum atomic E-state index is -0.634. The highest BCUT2D eigenvalue weighted by atomic mass is 35.5. The molecular weight excluding hydrogens is 240 g/mol. The minimum Gasteiger partial charge on any atom is -0.490 e. The third-order valence-corrected chi connectivity index (χ3v) is 2.78. The van der Waals surface area contributed by atoms with Crippen molar-refractivity contribution in [2.45, 2.75) is 26.1 Å². The van der Waals surface area contributed by atoms with Gasteiger partial charge in [-0.1, -0.05) is 6.07 Å². The van der Waals surface area contributed by atoms with Gasteiger partial charge in [0.1, 0.15) is 5.38 Å². The topological polar surface area (TPSA) is 35.5 Å². The molecule has 0 aliphatic rings. The number of hydrogen-bond donors (Lipinski definition) is 0. The Hall–Kier alpha value is -1.22. The van der Waals surface area contributed by atoms with Crippen molar-refractivity contribution in [1.82, 2.24) is 0 Å². The van der Waals surface area contributed by atoms with Crippen molar-refractivity contribution in [2.24, 2.45) is 0 Å². The maximum absolute atomic E-state index is 11.2. The van der Waals surface area contributed by atoms with E-state index in [9.17, 15) is 4.79 Å². The number of ketones is 1. The summed E-state index contributed by atoms with van der Waals surface area (Å²) in [4.78, 5) is 11.2. The average molecular weight is 257 g/mol. The summed E-state index contributed by atoms with van der Waals surface area (Å²) in [5.41, 5.74) is 0.728. The van der Waals surface area contributed by atoms with Gasteiger partial charge in [0.05, 0.1) is 13.2 Å². The minimum absolute atomic E-state index is 0.0849. The highest BCUT2D eigenvalue weighted by Crippen LogP contribution is 2.32. The molecule has 0 N–H and O–H groups in total. The Morgan fingerprint density at radius 3 is 2.35 bits per heavy atom. The zero-order chi connectivity index (χ0) is 12.8. The van der Waals surface area contributed by atoms with Gasteiger partial charge in [0.15, 0.2) is 17.3 Å². The van der Waals surface area contributed by atoms with Crippen LogP contribution >= 0.6 is 11.6 Å². The molecule has 0 radical (unpaired) electrons. The average Bonchev–Trinajstić information content (AvgIpc) is 2.31. The molecule has 4 heteroatoms. The summed E-state index contributed by atoms with van der Waals surface area (Å²) in [6.07, 6.45) is 0. The fourth-order valence-electron chi connectivity index (χ4n) is 1.46. The predicted octanol–water partition coefficient (Wildman–Crippen LogP) is 3.35. The highest BCUT2D eigenvalue weighted by molar-refractivity contribution is 6.30. The number of carbonyl (C=O) groups is 1. The molecular formula is C13H17ClO3.